The minimum absolute atomic E-state index is 0.0436. The van der Waals surface area contributed by atoms with Gasteiger partial charge in [0.2, 0.25) is 5.91 Å². The lowest BCUT2D eigenvalue weighted by Crippen LogP contribution is -2.23. The van der Waals surface area contributed by atoms with E-state index in [1.54, 1.807) is 36.4 Å². The fourth-order valence-corrected chi connectivity index (χ4v) is 4.27. The first-order valence-corrected chi connectivity index (χ1v) is 11.2. The lowest BCUT2D eigenvalue weighted by molar-refractivity contribution is -0.113. The maximum Gasteiger partial charge on any atom is 0.266 e. The zero-order chi connectivity index (χ0) is 22.8. The van der Waals surface area contributed by atoms with E-state index in [4.69, 9.17) is 23.2 Å². The van der Waals surface area contributed by atoms with Crippen LogP contribution in [0.15, 0.2) is 70.6 Å². The van der Waals surface area contributed by atoms with E-state index < -0.39 is 5.82 Å². The van der Waals surface area contributed by atoms with Crippen molar-refractivity contribution >= 4 is 57.5 Å². The van der Waals surface area contributed by atoms with Crippen LogP contribution in [0.1, 0.15) is 5.56 Å². The Kier molecular flexibility index (Phi) is 6.50. The molecule has 4 rings (SSSR count). The first-order valence-electron chi connectivity index (χ1n) is 9.49. The third kappa shape index (κ3) is 4.65. The molecule has 0 saturated carbocycles. The molecule has 0 spiro atoms. The highest BCUT2D eigenvalue weighted by atomic mass is 35.5. The van der Waals surface area contributed by atoms with Crippen molar-refractivity contribution in [2.24, 2.45) is 0 Å². The molecule has 0 fully saturated rings. The summed E-state index contributed by atoms with van der Waals surface area (Å²) >= 11 is 13.4. The van der Waals surface area contributed by atoms with E-state index in [1.807, 2.05) is 13.0 Å². The number of thioether (sulfide) groups is 1. The molecule has 9 heteroatoms. The molecule has 0 bridgehead atoms. The van der Waals surface area contributed by atoms with Crippen molar-refractivity contribution < 1.29 is 9.18 Å². The number of benzene rings is 3. The fourth-order valence-electron chi connectivity index (χ4n) is 3.06. The van der Waals surface area contributed by atoms with Crippen LogP contribution in [0.4, 0.5) is 10.1 Å². The second-order valence-corrected chi connectivity index (χ2v) is 8.70. The standard InChI is InChI=1S/C23H16Cl2FN3O2S/c1-13-6-8-15(11-17(13)24)29-22(31)16-4-2-3-5-19(16)28-23(29)32-12-21(30)27-20-9-7-14(26)10-18(20)25/h2-11H,12H2,1H3,(H,27,30). The number of halogens is 3. The average Bonchev–Trinajstić information content (AvgIpc) is 2.76. The van der Waals surface area contributed by atoms with Crippen molar-refractivity contribution in [3.8, 4) is 5.69 Å². The molecule has 0 unspecified atom stereocenters. The summed E-state index contributed by atoms with van der Waals surface area (Å²) in [5.41, 5.74) is 1.99. The highest BCUT2D eigenvalue weighted by Gasteiger charge is 2.16. The quantitative estimate of drug-likeness (QED) is 0.282. The monoisotopic (exact) mass is 487 g/mol. The van der Waals surface area contributed by atoms with Gasteiger partial charge in [0.05, 0.1) is 33.1 Å². The van der Waals surface area contributed by atoms with Crippen molar-refractivity contribution in [3.63, 3.8) is 0 Å². The number of fused-ring (bicyclic) bond motifs is 1. The van der Waals surface area contributed by atoms with Gasteiger partial charge >= 0.3 is 0 Å². The van der Waals surface area contributed by atoms with Gasteiger partial charge in [0.1, 0.15) is 5.82 Å². The first-order chi connectivity index (χ1) is 15.3. The van der Waals surface area contributed by atoms with E-state index in [0.29, 0.717) is 32.5 Å². The van der Waals surface area contributed by atoms with Crippen LogP contribution in [-0.4, -0.2) is 21.2 Å². The van der Waals surface area contributed by atoms with Crippen LogP contribution in [0.5, 0.6) is 0 Å². The van der Waals surface area contributed by atoms with Gasteiger partial charge < -0.3 is 5.32 Å². The molecule has 5 nitrogen and oxygen atoms in total. The van der Waals surface area contributed by atoms with Crippen molar-refractivity contribution in [1.29, 1.82) is 0 Å². The minimum atomic E-state index is -0.497. The second kappa shape index (κ2) is 9.32. The van der Waals surface area contributed by atoms with E-state index in [2.05, 4.69) is 10.3 Å². The van der Waals surface area contributed by atoms with E-state index in [0.717, 1.165) is 23.4 Å². The molecule has 1 heterocycles. The molecule has 162 valence electrons. The Balaban J connectivity index is 1.68. The summed E-state index contributed by atoms with van der Waals surface area (Å²) in [6, 6.07) is 16.0. The summed E-state index contributed by atoms with van der Waals surface area (Å²) in [4.78, 5) is 30.4. The number of hydrogen-bond donors (Lipinski definition) is 1. The zero-order valence-corrected chi connectivity index (χ0v) is 19.1. The molecule has 0 radical (unpaired) electrons. The predicted molar refractivity (Wildman–Crippen MR) is 128 cm³/mol. The summed E-state index contributed by atoms with van der Waals surface area (Å²) in [5.74, 6) is -0.916. The SMILES string of the molecule is Cc1ccc(-n2c(SCC(=O)Nc3ccc(F)cc3Cl)nc3ccccc3c2=O)cc1Cl. The Morgan fingerprint density at radius 1 is 1.09 bits per heavy atom. The summed E-state index contributed by atoms with van der Waals surface area (Å²) in [6.45, 7) is 1.87. The van der Waals surface area contributed by atoms with E-state index >= 15 is 0 Å². The number of para-hydroxylation sites is 1. The van der Waals surface area contributed by atoms with Crippen LogP contribution in [0.2, 0.25) is 10.0 Å². The van der Waals surface area contributed by atoms with Crippen LogP contribution in [0.3, 0.4) is 0 Å². The Labute approximate surface area is 197 Å². The molecule has 0 atom stereocenters. The number of aromatic nitrogens is 2. The largest absolute Gasteiger partial charge is 0.324 e. The van der Waals surface area contributed by atoms with Crippen molar-refractivity contribution in [1.82, 2.24) is 9.55 Å². The minimum Gasteiger partial charge on any atom is -0.324 e. The van der Waals surface area contributed by atoms with Gasteiger partial charge in [0, 0.05) is 5.02 Å². The third-order valence-corrected chi connectivity index (χ3v) is 6.35. The number of hydrogen-bond acceptors (Lipinski definition) is 4. The topological polar surface area (TPSA) is 64.0 Å². The van der Waals surface area contributed by atoms with Gasteiger partial charge in [-0.2, -0.15) is 0 Å². The zero-order valence-electron chi connectivity index (χ0n) is 16.7. The summed E-state index contributed by atoms with van der Waals surface area (Å²) < 4.78 is 14.7. The maximum absolute atomic E-state index is 13.3. The number of aryl methyl sites for hydroxylation is 1. The molecular formula is C23H16Cl2FN3O2S. The third-order valence-electron chi connectivity index (χ3n) is 4.70. The molecule has 32 heavy (non-hydrogen) atoms. The number of nitrogens with zero attached hydrogens (tertiary/aromatic N) is 2. The normalized spacial score (nSPS) is 11.0. The van der Waals surface area contributed by atoms with Crippen LogP contribution in [0.25, 0.3) is 16.6 Å². The highest BCUT2D eigenvalue weighted by molar-refractivity contribution is 7.99. The van der Waals surface area contributed by atoms with Crippen molar-refractivity contribution in [3.05, 3.63) is 92.4 Å². The van der Waals surface area contributed by atoms with Crippen molar-refractivity contribution in [2.75, 3.05) is 11.1 Å². The Hall–Kier alpha value is -2.87. The van der Waals surface area contributed by atoms with E-state index in [-0.39, 0.29) is 22.2 Å². The molecule has 3 aromatic carbocycles. The first kappa shape index (κ1) is 22.3. The lowest BCUT2D eigenvalue weighted by Gasteiger charge is -2.14. The number of rotatable bonds is 5. The van der Waals surface area contributed by atoms with Gasteiger partial charge in [-0.25, -0.2) is 9.37 Å². The van der Waals surface area contributed by atoms with Gasteiger partial charge in [-0.1, -0.05) is 53.2 Å². The molecule has 0 aliphatic rings. The summed E-state index contributed by atoms with van der Waals surface area (Å²) in [6.07, 6.45) is 0. The molecule has 1 N–H and O–H groups in total. The smallest absolute Gasteiger partial charge is 0.266 e. The number of carbonyl (C=O) groups excluding carboxylic acids is 1. The number of carbonyl (C=O) groups is 1. The molecule has 0 aliphatic carbocycles. The van der Waals surface area contributed by atoms with E-state index in [9.17, 15) is 14.0 Å². The predicted octanol–water partition coefficient (Wildman–Crippen LogP) is 5.87. The molecule has 0 aliphatic heterocycles. The van der Waals surface area contributed by atoms with Crippen LogP contribution in [-0.2, 0) is 4.79 Å². The van der Waals surface area contributed by atoms with Gasteiger partial charge in [-0.05, 0) is 55.0 Å². The summed E-state index contributed by atoms with van der Waals surface area (Å²) in [7, 11) is 0. The fraction of sp³-hybridized carbons (Fsp3) is 0.0870. The Bertz CT molecular complexity index is 1410. The number of anilines is 1. The molecular weight excluding hydrogens is 472 g/mol. The van der Waals surface area contributed by atoms with Crippen LogP contribution >= 0.6 is 35.0 Å². The highest BCUT2D eigenvalue weighted by Crippen LogP contribution is 2.26. The van der Waals surface area contributed by atoms with Gasteiger partial charge in [-0.15, -0.1) is 0 Å². The van der Waals surface area contributed by atoms with E-state index in [1.165, 1.54) is 16.7 Å². The van der Waals surface area contributed by atoms with Gasteiger partial charge in [0.15, 0.2) is 5.16 Å². The molecule has 4 aromatic rings. The molecule has 1 amide bonds. The van der Waals surface area contributed by atoms with Gasteiger partial charge in [0.25, 0.3) is 5.56 Å². The lowest BCUT2D eigenvalue weighted by atomic mass is 10.2. The summed E-state index contributed by atoms with van der Waals surface area (Å²) in [5, 5.41) is 4.05. The molecule has 1 aromatic heterocycles. The van der Waals surface area contributed by atoms with Crippen molar-refractivity contribution in [2.45, 2.75) is 12.1 Å². The van der Waals surface area contributed by atoms with Crippen LogP contribution < -0.4 is 10.9 Å². The Morgan fingerprint density at radius 2 is 1.88 bits per heavy atom. The second-order valence-electron chi connectivity index (χ2n) is 6.95. The van der Waals surface area contributed by atoms with Crippen LogP contribution in [0, 0.1) is 12.7 Å². The number of amides is 1. The molecule has 0 saturated heterocycles. The Morgan fingerprint density at radius 3 is 2.62 bits per heavy atom. The number of nitrogens with one attached hydrogen (secondary N) is 1. The maximum atomic E-state index is 13.3. The average molecular weight is 488 g/mol. The van der Waals surface area contributed by atoms with Gasteiger partial charge in [-0.3, -0.25) is 14.2 Å².